The van der Waals surface area contributed by atoms with Crippen LogP contribution in [0.1, 0.15) is 39.2 Å². The summed E-state index contributed by atoms with van der Waals surface area (Å²) in [7, 11) is 1.74. The zero-order chi connectivity index (χ0) is 20.6. The molecule has 1 N–H and O–H groups in total. The Labute approximate surface area is 167 Å². The molecule has 0 aliphatic carbocycles. The molecule has 0 atom stereocenters. The number of carbonyl (C=O) groups excluding carboxylic acids is 2. The Kier molecular flexibility index (Phi) is 7.61. The molecule has 0 saturated heterocycles. The van der Waals surface area contributed by atoms with Gasteiger partial charge in [0.05, 0.1) is 0 Å². The summed E-state index contributed by atoms with van der Waals surface area (Å²) in [5.41, 5.74) is 0.590. The lowest BCUT2D eigenvalue weighted by molar-refractivity contribution is -0.145. The third-order valence-corrected chi connectivity index (χ3v) is 4.66. The summed E-state index contributed by atoms with van der Waals surface area (Å²) in [5, 5.41) is 2.83. The van der Waals surface area contributed by atoms with Gasteiger partial charge in [-0.15, -0.1) is 0 Å². The number of hydrogen-bond acceptors (Lipinski definition) is 3. The molecule has 0 fully saturated rings. The molecule has 0 aliphatic rings. The van der Waals surface area contributed by atoms with Crippen LogP contribution < -0.4 is 10.1 Å². The fraction of sp³-hybridized carbons (Fsp3) is 0.391. The van der Waals surface area contributed by atoms with Gasteiger partial charge in [-0.1, -0.05) is 43.7 Å². The Hall–Kier alpha value is -2.82. The molecule has 2 aromatic carbocycles. The smallest absolute Gasteiger partial charge is 0.239 e. The molecule has 2 rings (SSSR count). The second kappa shape index (κ2) is 9.93. The highest BCUT2D eigenvalue weighted by Gasteiger charge is 2.38. The Morgan fingerprint density at radius 3 is 2.29 bits per heavy atom. The van der Waals surface area contributed by atoms with E-state index in [9.17, 15) is 9.59 Å². The molecule has 0 spiro atoms. The maximum Gasteiger partial charge on any atom is 0.239 e. The van der Waals surface area contributed by atoms with Crippen molar-refractivity contribution in [1.29, 1.82) is 0 Å². The van der Waals surface area contributed by atoms with Crippen molar-refractivity contribution in [3.63, 3.8) is 0 Å². The van der Waals surface area contributed by atoms with Crippen molar-refractivity contribution in [1.82, 2.24) is 4.90 Å². The number of nitrogens with one attached hydrogen (secondary N) is 1. The molecule has 0 bridgehead atoms. The molecule has 5 heteroatoms. The van der Waals surface area contributed by atoms with Crippen molar-refractivity contribution in [3.8, 4) is 5.75 Å². The number of unbranched alkanes of at least 4 members (excludes halogenated alkanes) is 1. The van der Waals surface area contributed by atoms with Crippen LogP contribution in [0.15, 0.2) is 54.6 Å². The quantitative estimate of drug-likeness (QED) is 0.650. The van der Waals surface area contributed by atoms with E-state index in [1.165, 1.54) is 0 Å². The van der Waals surface area contributed by atoms with Crippen LogP contribution in [0.5, 0.6) is 5.75 Å². The van der Waals surface area contributed by atoms with E-state index in [-0.39, 0.29) is 11.8 Å². The Morgan fingerprint density at radius 2 is 1.68 bits per heavy atom. The Morgan fingerprint density at radius 1 is 1.04 bits per heavy atom. The van der Waals surface area contributed by atoms with E-state index in [1.54, 1.807) is 50.1 Å². The SMILES string of the molecule is CCCCN(C)C(=O)C(C)(C)C(=O)Nc1ccc(OCc2ccccc2)cc1. The fourth-order valence-corrected chi connectivity index (χ4v) is 2.73. The number of nitrogens with zero attached hydrogens (tertiary/aromatic N) is 1. The minimum atomic E-state index is -1.13. The summed E-state index contributed by atoms with van der Waals surface area (Å²) in [6.45, 7) is 6.52. The summed E-state index contributed by atoms with van der Waals surface area (Å²) in [6.07, 6.45) is 1.92. The summed E-state index contributed by atoms with van der Waals surface area (Å²) >= 11 is 0. The average molecular weight is 383 g/mol. The molecule has 2 amide bonds. The monoisotopic (exact) mass is 382 g/mol. The highest BCUT2D eigenvalue weighted by molar-refractivity contribution is 6.09. The molecular formula is C23H30N2O3. The normalized spacial score (nSPS) is 11.0. The number of hydrogen-bond donors (Lipinski definition) is 1. The van der Waals surface area contributed by atoms with Gasteiger partial charge in [-0.05, 0) is 50.1 Å². The van der Waals surface area contributed by atoms with Gasteiger partial charge < -0.3 is 15.0 Å². The van der Waals surface area contributed by atoms with E-state index in [2.05, 4.69) is 12.2 Å². The van der Waals surface area contributed by atoms with E-state index in [4.69, 9.17) is 4.74 Å². The van der Waals surface area contributed by atoms with Gasteiger partial charge in [-0.3, -0.25) is 9.59 Å². The number of carbonyl (C=O) groups is 2. The van der Waals surface area contributed by atoms with Crippen LogP contribution >= 0.6 is 0 Å². The van der Waals surface area contributed by atoms with Crippen molar-refractivity contribution >= 4 is 17.5 Å². The summed E-state index contributed by atoms with van der Waals surface area (Å²) < 4.78 is 5.75. The van der Waals surface area contributed by atoms with E-state index >= 15 is 0 Å². The first kappa shape index (κ1) is 21.5. The Balaban J connectivity index is 1.93. The highest BCUT2D eigenvalue weighted by atomic mass is 16.5. The number of anilines is 1. The zero-order valence-electron chi connectivity index (χ0n) is 17.2. The van der Waals surface area contributed by atoms with E-state index in [0.717, 1.165) is 24.2 Å². The second-order valence-corrected chi connectivity index (χ2v) is 7.46. The molecule has 5 nitrogen and oxygen atoms in total. The standard InChI is InChI=1S/C23H30N2O3/c1-5-6-16-25(4)22(27)23(2,3)21(26)24-19-12-14-20(15-13-19)28-17-18-10-8-7-9-11-18/h7-15H,5-6,16-17H2,1-4H3,(H,24,26). The average Bonchev–Trinajstić information content (AvgIpc) is 2.71. The molecule has 0 saturated carbocycles. The van der Waals surface area contributed by atoms with Crippen LogP contribution in [0.4, 0.5) is 5.69 Å². The van der Waals surface area contributed by atoms with Gasteiger partial charge in [0.25, 0.3) is 0 Å². The lowest BCUT2D eigenvalue weighted by atomic mass is 9.90. The first-order valence-electron chi connectivity index (χ1n) is 9.68. The largest absolute Gasteiger partial charge is 0.489 e. The topological polar surface area (TPSA) is 58.6 Å². The maximum atomic E-state index is 12.7. The van der Waals surface area contributed by atoms with Gasteiger partial charge >= 0.3 is 0 Å². The van der Waals surface area contributed by atoms with Crippen molar-refractivity contribution < 1.29 is 14.3 Å². The predicted molar refractivity (Wildman–Crippen MR) is 112 cm³/mol. The Bertz CT molecular complexity index is 770. The van der Waals surface area contributed by atoms with Crippen LogP contribution in [0.2, 0.25) is 0 Å². The van der Waals surface area contributed by atoms with Gasteiger partial charge in [-0.2, -0.15) is 0 Å². The van der Waals surface area contributed by atoms with Crippen LogP contribution in [0, 0.1) is 5.41 Å². The van der Waals surface area contributed by atoms with Gasteiger partial charge in [0.15, 0.2) is 0 Å². The molecule has 0 heterocycles. The van der Waals surface area contributed by atoms with Crippen LogP contribution in [-0.2, 0) is 16.2 Å². The van der Waals surface area contributed by atoms with E-state index < -0.39 is 5.41 Å². The first-order valence-corrected chi connectivity index (χ1v) is 9.68. The van der Waals surface area contributed by atoms with Crippen molar-refractivity contribution in [2.75, 3.05) is 18.9 Å². The molecule has 0 aliphatic heterocycles. The van der Waals surface area contributed by atoms with Gasteiger partial charge in [0, 0.05) is 19.3 Å². The van der Waals surface area contributed by atoms with Crippen LogP contribution in [0.25, 0.3) is 0 Å². The number of amides is 2. The number of benzene rings is 2. The van der Waals surface area contributed by atoms with Gasteiger partial charge in [0.1, 0.15) is 17.8 Å². The third-order valence-electron chi connectivity index (χ3n) is 4.66. The number of rotatable bonds is 9. The van der Waals surface area contributed by atoms with Gasteiger partial charge in [-0.25, -0.2) is 0 Å². The highest BCUT2D eigenvalue weighted by Crippen LogP contribution is 2.23. The van der Waals surface area contributed by atoms with Crippen molar-refractivity contribution in [2.24, 2.45) is 5.41 Å². The number of ether oxygens (including phenoxy) is 1. The second-order valence-electron chi connectivity index (χ2n) is 7.46. The summed E-state index contributed by atoms with van der Waals surface area (Å²) in [6, 6.07) is 17.1. The molecule has 150 valence electrons. The lowest BCUT2D eigenvalue weighted by Gasteiger charge is -2.28. The van der Waals surface area contributed by atoms with E-state index in [0.29, 0.717) is 18.8 Å². The molecule has 2 aromatic rings. The van der Waals surface area contributed by atoms with Crippen molar-refractivity contribution in [2.45, 2.75) is 40.2 Å². The van der Waals surface area contributed by atoms with Gasteiger partial charge in [0.2, 0.25) is 11.8 Å². The lowest BCUT2D eigenvalue weighted by Crippen LogP contribution is -2.46. The molecule has 0 radical (unpaired) electrons. The molecule has 0 unspecified atom stereocenters. The minimum absolute atomic E-state index is 0.179. The molecular weight excluding hydrogens is 352 g/mol. The molecule has 28 heavy (non-hydrogen) atoms. The zero-order valence-corrected chi connectivity index (χ0v) is 17.2. The molecule has 0 aromatic heterocycles. The fourth-order valence-electron chi connectivity index (χ4n) is 2.73. The maximum absolute atomic E-state index is 12.7. The first-order chi connectivity index (χ1) is 13.3. The predicted octanol–water partition coefficient (Wildman–Crippen LogP) is 4.49. The third kappa shape index (κ3) is 5.84. The minimum Gasteiger partial charge on any atom is -0.489 e. The van der Waals surface area contributed by atoms with Crippen LogP contribution in [0.3, 0.4) is 0 Å². The van der Waals surface area contributed by atoms with E-state index in [1.807, 2.05) is 30.3 Å². The summed E-state index contributed by atoms with van der Waals surface area (Å²) in [4.78, 5) is 26.9. The summed E-state index contributed by atoms with van der Waals surface area (Å²) in [5.74, 6) is 0.219. The van der Waals surface area contributed by atoms with Crippen LogP contribution in [-0.4, -0.2) is 30.3 Å². The van der Waals surface area contributed by atoms with Crippen molar-refractivity contribution in [3.05, 3.63) is 60.2 Å².